The van der Waals surface area contributed by atoms with Gasteiger partial charge in [0, 0.05) is 11.3 Å². The molecule has 2 amide bonds. The monoisotopic (exact) mass is 425 g/mol. The number of alkyl halides is 3. The second kappa shape index (κ2) is 9.25. The first-order valence-corrected chi connectivity index (χ1v) is 9.23. The van der Waals surface area contributed by atoms with E-state index in [4.69, 9.17) is 0 Å². The van der Waals surface area contributed by atoms with Gasteiger partial charge in [-0.25, -0.2) is 5.43 Å². The van der Waals surface area contributed by atoms with Gasteiger partial charge in [-0.2, -0.15) is 18.3 Å². The van der Waals surface area contributed by atoms with Crippen molar-refractivity contribution in [2.45, 2.75) is 13.1 Å². The number of hydrogen-bond donors (Lipinski definition) is 2. The first-order valence-electron chi connectivity index (χ1n) is 9.23. The van der Waals surface area contributed by atoms with Crippen LogP contribution in [-0.4, -0.2) is 23.7 Å². The molecular formula is C23H18F3N3O2. The van der Waals surface area contributed by atoms with E-state index in [1.807, 2.05) is 42.5 Å². The summed E-state index contributed by atoms with van der Waals surface area (Å²) in [5, 5.41) is 5.79. The van der Waals surface area contributed by atoms with Gasteiger partial charge in [0.2, 0.25) is 0 Å². The van der Waals surface area contributed by atoms with Gasteiger partial charge in [-0.15, -0.1) is 0 Å². The van der Waals surface area contributed by atoms with Gasteiger partial charge in [-0.3, -0.25) is 9.59 Å². The third kappa shape index (κ3) is 5.79. The molecule has 0 spiro atoms. The third-order valence-corrected chi connectivity index (χ3v) is 4.40. The van der Waals surface area contributed by atoms with E-state index in [2.05, 4.69) is 10.5 Å². The number of anilines is 1. The minimum atomic E-state index is -4.96. The van der Waals surface area contributed by atoms with Crippen LogP contribution in [0, 0.1) is 0 Å². The molecule has 0 aliphatic rings. The Morgan fingerprint density at radius 2 is 1.32 bits per heavy atom. The Morgan fingerprint density at radius 1 is 0.774 bits per heavy atom. The van der Waals surface area contributed by atoms with Gasteiger partial charge in [0.25, 0.3) is 5.91 Å². The van der Waals surface area contributed by atoms with Gasteiger partial charge in [0.05, 0.1) is 5.71 Å². The maximum Gasteiger partial charge on any atom is 0.471 e. The van der Waals surface area contributed by atoms with E-state index in [0.29, 0.717) is 16.8 Å². The van der Waals surface area contributed by atoms with Crippen molar-refractivity contribution in [2.75, 3.05) is 5.32 Å². The van der Waals surface area contributed by atoms with E-state index in [1.54, 1.807) is 24.4 Å². The summed E-state index contributed by atoms with van der Waals surface area (Å²) in [6.07, 6.45) is -4.96. The lowest BCUT2D eigenvalue weighted by Gasteiger charge is -2.09. The average molecular weight is 425 g/mol. The van der Waals surface area contributed by atoms with Crippen molar-refractivity contribution < 1.29 is 22.8 Å². The molecule has 3 rings (SSSR count). The highest BCUT2D eigenvalue weighted by Gasteiger charge is 2.38. The van der Waals surface area contributed by atoms with Crippen LogP contribution < -0.4 is 10.7 Å². The zero-order valence-corrected chi connectivity index (χ0v) is 16.4. The van der Waals surface area contributed by atoms with E-state index >= 15 is 0 Å². The van der Waals surface area contributed by atoms with E-state index in [1.165, 1.54) is 24.3 Å². The van der Waals surface area contributed by atoms with Crippen LogP contribution in [0.2, 0.25) is 0 Å². The van der Waals surface area contributed by atoms with E-state index < -0.39 is 18.0 Å². The summed E-state index contributed by atoms with van der Waals surface area (Å²) in [5.41, 5.74) is 5.93. The molecule has 2 N–H and O–H groups in total. The van der Waals surface area contributed by atoms with Crippen LogP contribution in [0.3, 0.4) is 0 Å². The first-order chi connectivity index (χ1) is 14.7. The maximum absolute atomic E-state index is 12.3. The lowest BCUT2D eigenvalue weighted by Crippen LogP contribution is -2.29. The van der Waals surface area contributed by atoms with Gasteiger partial charge < -0.3 is 5.32 Å². The number of rotatable bonds is 5. The molecule has 0 radical (unpaired) electrons. The first kappa shape index (κ1) is 21.8. The molecule has 158 valence electrons. The fourth-order valence-electron chi connectivity index (χ4n) is 2.71. The number of hydrazone groups is 1. The average Bonchev–Trinajstić information content (AvgIpc) is 2.78. The normalized spacial score (nSPS) is 11.7. The lowest BCUT2D eigenvalue weighted by molar-refractivity contribution is -0.167. The number of amides is 2. The van der Waals surface area contributed by atoms with E-state index in [9.17, 15) is 22.8 Å². The van der Waals surface area contributed by atoms with E-state index in [-0.39, 0.29) is 5.69 Å². The van der Waals surface area contributed by atoms with E-state index in [0.717, 1.165) is 11.1 Å². The van der Waals surface area contributed by atoms with Crippen LogP contribution in [0.25, 0.3) is 11.1 Å². The Morgan fingerprint density at radius 3 is 1.90 bits per heavy atom. The molecule has 0 aromatic heterocycles. The molecule has 0 unspecified atom stereocenters. The molecule has 8 heteroatoms. The van der Waals surface area contributed by atoms with Crippen LogP contribution in [0.15, 0.2) is 84.0 Å². The largest absolute Gasteiger partial charge is 0.471 e. The summed E-state index contributed by atoms with van der Waals surface area (Å²) in [6, 6.07) is 22.4. The smallest absolute Gasteiger partial charge is 0.318 e. The Kier molecular flexibility index (Phi) is 6.49. The van der Waals surface area contributed by atoms with Crippen molar-refractivity contribution in [2.24, 2.45) is 5.10 Å². The molecule has 0 bridgehead atoms. The highest BCUT2D eigenvalue weighted by atomic mass is 19.4. The number of benzene rings is 3. The molecule has 5 nitrogen and oxygen atoms in total. The van der Waals surface area contributed by atoms with Crippen molar-refractivity contribution in [3.63, 3.8) is 0 Å². The quantitative estimate of drug-likeness (QED) is 0.446. The van der Waals surface area contributed by atoms with Crippen molar-refractivity contribution in [3.05, 3.63) is 90.0 Å². The Bertz CT molecular complexity index is 1090. The summed E-state index contributed by atoms with van der Waals surface area (Å²) in [4.78, 5) is 23.3. The SMILES string of the molecule is CC(=NNC(=O)c1ccc(-c2ccccc2)cc1)c1ccc(NC(=O)C(F)(F)F)cc1. The van der Waals surface area contributed by atoms with Crippen LogP contribution in [0.4, 0.5) is 18.9 Å². The van der Waals surface area contributed by atoms with Crippen molar-refractivity contribution in [3.8, 4) is 11.1 Å². The van der Waals surface area contributed by atoms with Gasteiger partial charge in [0.1, 0.15) is 0 Å². The molecule has 0 aliphatic heterocycles. The van der Waals surface area contributed by atoms with Gasteiger partial charge in [0.15, 0.2) is 0 Å². The number of hydrogen-bond acceptors (Lipinski definition) is 3. The van der Waals surface area contributed by atoms with Crippen LogP contribution in [-0.2, 0) is 4.79 Å². The summed E-state index contributed by atoms with van der Waals surface area (Å²) in [7, 11) is 0. The molecular weight excluding hydrogens is 407 g/mol. The standard InChI is InChI=1S/C23H18F3N3O2/c1-15(16-11-13-20(14-12-16)27-22(31)23(24,25)26)28-29-21(30)19-9-7-18(8-10-19)17-5-3-2-4-6-17/h2-14H,1H3,(H,27,31)(H,29,30). The lowest BCUT2D eigenvalue weighted by atomic mass is 10.0. The van der Waals surface area contributed by atoms with Crippen molar-refractivity contribution >= 4 is 23.2 Å². The van der Waals surface area contributed by atoms with Crippen molar-refractivity contribution in [1.29, 1.82) is 0 Å². The number of nitrogens with one attached hydrogen (secondary N) is 2. The molecule has 0 atom stereocenters. The molecule has 0 saturated carbocycles. The van der Waals surface area contributed by atoms with Crippen LogP contribution in [0.1, 0.15) is 22.8 Å². The molecule has 31 heavy (non-hydrogen) atoms. The van der Waals surface area contributed by atoms with Gasteiger partial charge in [-0.05, 0) is 47.9 Å². The molecule has 0 aliphatic carbocycles. The highest BCUT2D eigenvalue weighted by molar-refractivity contribution is 6.01. The van der Waals surface area contributed by atoms with Crippen LogP contribution in [0.5, 0.6) is 0 Å². The Balaban J connectivity index is 1.62. The summed E-state index contributed by atoms with van der Waals surface area (Å²) in [6.45, 7) is 1.64. The zero-order valence-electron chi connectivity index (χ0n) is 16.4. The molecule has 3 aromatic rings. The zero-order chi connectivity index (χ0) is 22.4. The fourth-order valence-corrected chi connectivity index (χ4v) is 2.71. The summed E-state index contributed by atoms with van der Waals surface area (Å²) < 4.78 is 36.9. The highest BCUT2D eigenvalue weighted by Crippen LogP contribution is 2.20. The summed E-state index contributed by atoms with van der Waals surface area (Å²) >= 11 is 0. The predicted molar refractivity (Wildman–Crippen MR) is 113 cm³/mol. The molecule has 0 fully saturated rings. The topological polar surface area (TPSA) is 70.6 Å². The Labute approximate surface area is 176 Å². The number of carbonyl (C=O) groups is 2. The number of nitrogens with zero attached hydrogens (tertiary/aromatic N) is 1. The second-order valence-corrected chi connectivity index (χ2v) is 6.61. The second-order valence-electron chi connectivity index (χ2n) is 6.61. The molecule has 0 heterocycles. The van der Waals surface area contributed by atoms with Crippen molar-refractivity contribution in [1.82, 2.24) is 5.43 Å². The molecule has 0 saturated heterocycles. The minimum absolute atomic E-state index is 0.00131. The maximum atomic E-state index is 12.3. The van der Waals surface area contributed by atoms with Crippen LogP contribution >= 0.6 is 0 Å². The Hall–Kier alpha value is -3.94. The van der Waals surface area contributed by atoms with Gasteiger partial charge >= 0.3 is 12.1 Å². The number of carbonyl (C=O) groups excluding carboxylic acids is 2. The predicted octanol–water partition coefficient (Wildman–Crippen LogP) is 5.01. The fraction of sp³-hybridized carbons (Fsp3) is 0.0870. The molecule has 3 aromatic carbocycles. The summed E-state index contributed by atoms with van der Waals surface area (Å²) in [5.74, 6) is -2.44. The van der Waals surface area contributed by atoms with Gasteiger partial charge in [-0.1, -0.05) is 54.6 Å². The number of halogens is 3. The minimum Gasteiger partial charge on any atom is -0.318 e. The third-order valence-electron chi connectivity index (χ3n) is 4.40.